The lowest BCUT2D eigenvalue weighted by atomic mass is 10.2. The van der Waals surface area contributed by atoms with Gasteiger partial charge in [0.25, 0.3) is 15.7 Å². The molecule has 27 heavy (non-hydrogen) atoms. The minimum Gasteiger partial charge on any atom is -0.462 e. The summed E-state index contributed by atoms with van der Waals surface area (Å²) in [5.74, 6) is -0.612. The normalized spacial score (nSPS) is 11.1. The molecule has 8 nitrogen and oxygen atoms in total. The molecule has 0 spiro atoms. The summed E-state index contributed by atoms with van der Waals surface area (Å²) in [6.07, 6.45) is 0. The Balaban J connectivity index is 2.46. The van der Waals surface area contributed by atoms with Gasteiger partial charge in [0, 0.05) is 18.7 Å². The highest BCUT2D eigenvalue weighted by Crippen LogP contribution is 2.29. The Hall–Kier alpha value is -2.65. The van der Waals surface area contributed by atoms with Crippen molar-refractivity contribution in [2.45, 2.75) is 18.7 Å². The first-order valence-corrected chi connectivity index (χ1v) is 9.78. The summed E-state index contributed by atoms with van der Waals surface area (Å²) >= 11 is 6.11. The average molecular weight is 413 g/mol. The maximum absolute atomic E-state index is 12.9. The van der Waals surface area contributed by atoms with Crippen molar-refractivity contribution < 1.29 is 22.9 Å². The highest BCUT2D eigenvalue weighted by atomic mass is 35.5. The molecule has 0 aromatic heterocycles. The van der Waals surface area contributed by atoms with Crippen molar-refractivity contribution in [3.05, 3.63) is 63.2 Å². The molecule has 0 aliphatic rings. The second-order valence-electron chi connectivity index (χ2n) is 5.31. The van der Waals surface area contributed by atoms with E-state index >= 15 is 0 Å². The van der Waals surface area contributed by atoms with Gasteiger partial charge in [-0.3, -0.25) is 14.4 Å². The second kappa shape index (κ2) is 8.36. The van der Waals surface area contributed by atoms with Gasteiger partial charge in [-0.15, -0.1) is 0 Å². The average Bonchev–Trinajstić information content (AvgIpc) is 2.62. The number of nitrogens with zero attached hydrogens (tertiary/aromatic N) is 2. The Labute approximate surface area is 161 Å². The lowest BCUT2D eigenvalue weighted by Gasteiger charge is -2.23. The van der Waals surface area contributed by atoms with E-state index in [1.54, 1.807) is 13.8 Å². The minimum atomic E-state index is -4.07. The molecule has 0 N–H and O–H groups in total. The first kappa shape index (κ1) is 20.7. The van der Waals surface area contributed by atoms with E-state index in [0.717, 1.165) is 10.4 Å². The van der Waals surface area contributed by atoms with Crippen LogP contribution in [0.25, 0.3) is 0 Å². The van der Waals surface area contributed by atoms with Crippen molar-refractivity contribution in [1.29, 1.82) is 0 Å². The Kier molecular flexibility index (Phi) is 6.40. The molecule has 144 valence electrons. The van der Waals surface area contributed by atoms with Gasteiger partial charge >= 0.3 is 5.97 Å². The number of sulfonamides is 1. The van der Waals surface area contributed by atoms with Crippen LogP contribution in [0.3, 0.4) is 0 Å². The summed E-state index contributed by atoms with van der Waals surface area (Å²) < 4.78 is 31.8. The number of hydrogen-bond donors (Lipinski definition) is 0. The number of halogens is 1. The number of benzene rings is 2. The van der Waals surface area contributed by atoms with Crippen LogP contribution in [0, 0.1) is 10.1 Å². The molecule has 2 aromatic carbocycles. The number of ether oxygens (including phenoxy) is 1. The van der Waals surface area contributed by atoms with Crippen LogP contribution in [0.5, 0.6) is 0 Å². The lowest BCUT2D eigenvalue weighted by Crippen LogP contribution is -2.30. The molecule has 0 saturated heterocycles. The van der Waals surface area contributed by atoms with Gasteiger partial charge in [0.2, 0.25) is 0 Å². The van der Waals surface area contributed by atoms with Crippen LogP contribution in [0.1, 0.15) is 24.2 Å². The predicted octanol–water partition coefficient (Wildman–Crippen LogP) is 3.64. The van der Waals surface area contributed by atoms with Crippen molar-refractivity contribution in [2.24, 2.45) is 0 Å². The molecule has 10 heteroatoms. The third kappa shape index (κ3) is 4.37. The third-order valence-corrected chi connectivity index (χ3v) is 5.85. The van der Waals surface area contributed by atoms with Gasteiger partial charge in [-0.25, -0.2) is 13.2 Å². The van der Waals surface area contributed by atoms with Gasteiger partial charge in [0.15, 0.2) is 0 Å². The van der Waals surface area contributed by atoms with Crippen molar-refractivity contribution in [2.75, 3.05) is 17.5 Å². The van der Waals surface area contributed by atoms with E-state index in [-0.39, 0.29) is 40.0 Å². The number of nitro benzene ring substituents is 1. The summed E-state index contributed by atoms with van der Waals surface area (Å²) in [7, 11) is -4.07. The third-order valence-electron chi connectivity index (χ3n) is 3.64. The first-order valence-electron chi connectivity index (χ1n) is 7.96. The molecule has 0 aliphatic carbocycles. The predicted molar refractivity (Wildman–Crippen MR) is 101 cm³/mol. The number of carbonyl (C=O) groups is 1. The lowest BCUT2D eigenvalue weighted by molar-refractivity contribution is -0.385. The zero-order chi connectivity index (χ0) is 20.2. The van der Waals surface area contributed by atoms with Crippen molar-refractivity contribution in [1.82, 2.24) is 0 Å². The van der Waals surface area contributed by atoms with E-state index < -0.39 is 20.9 Å². The van der Waals surface area contributed by atoms with Gasteiger partial charge in [-0.05, 0) is 38.1 Å². The van der Waals surface area contributed by atoms with Crippen LogP contribution < -0.4 is 4.31 Å². The number of non-ortho nitro benzene ring substituents is 1. The largest absolute Gasteiger partial charge is 0.462 e. The maximum atomic E-state index is 12.9. The topological polar surface area (TPSA) is 107 Å². The Morgan fingerprint density at radius 1 is 1.22 bits per heavy atom. The molecular formula is C17H17ClN2O6S. The second-order valence-corrected chi connectivity index (χ2v) is 7.58. The minimum absolute atomic E-state index is 0.0404. The summed E-state index contributed by atoms with van der Waals surface area (Å²) in [6.45, 7) is 3.51. The molecule has 2 rings (SSSR count). The molecule has 0 radical (unpaired) electrons. The number of hydrogen-bond acceptors (Lipinski definition) is 6. The molecule has 0 saturated carbocycles. The Morgan fingerprint density at radius 2 is 1.93 bits per heavy atom. The molecule has 0 heterocycles. The van der Waals surface area contributed by atoms with Crippen molar-refractivity contribution in [3.63, 3.8) is 0 Å². The number of esters is 1. The van der Waals surface area contributed by atoms with E-state index in [1.165, 1.54) is 36.4 Å². The standard InChI is InChI=1S/C17H17ClN2O6S/c1-3-19(12-8-9-15(16(18)11-12)17(21)26-4-2)27(24,25)14-7-5-6-13(10-14)20(22)23/h5-11H,3-4H2,1-2H3. The van der Waals surface area contributed by atoms with Gasteiger partial charge < -0.3 is 4.74 Å². The monoisotopic (exact) mass is 412 g/mol. The van der Waals surface area contributed by atoms with Crippen LogP contribution in [0.15, 0.2) is 47.4 Å². The number of anilines is 1. The van der Waals surface area contributed by atoms with Gasteiger partial charge in [-0.1, -0.05) is 17.7 Å². The maximum Gasteiger partial charge on any atom is 0.339 e. The fourth-order valence-corrected chi connectivity index (χ4v) is 4.17. The number of carbonyl (C=O) groups excluding carboxylic acids is 1. The first-order chi connectivity index (χ1) is 12.7. The molecular weight excluding hydrogens is 396 g/mol. The molecule has 0 bridgehead atoms. The van der Waals surface area contributed by atoms with Crippen LogP contribution in [-0.2, 0) is 14.8 Å². The van der Waals surface area contributed by atoms with Crippen molar-refractivity contribution >= 4 is 39.0 Å². The molecule has 0 atom stereocenters. The van der Waals surface area contributed by atoms with Crippen LogP contribution in [0.4, 0.5) is 11.4 Å². The molecule has 0 fully saturated rings. The zero-order valence-electron chi connectivity index (χ0n) is 14.6. The van der Waals surface area contributed by atoms with E-state index in [9.17, 15) is 23.3 Å². The highest BCUT2D eigenvalue weighted by Gasteiger charge is 2.26. The van der Waals surface area contributed by atoms with Crippen LogP contribution >= 0.6 is 11.6 Å². The number of nitro groups is 1. The smallest absolute Gasteiger partial charge is 0.339 e. The van der Waals surface area contributed by atoms with Crippen molar-refractivity contribution in [3.8, 4) is 0 Å². The quantitative estimate of drug-likeness (QED) is 0.390. The fourth-order valence-electron chi connectivity index (χ4n) is 2.41. The fraction of sp³-hybridized carbons (Fsp3) is 0.235. The highest BCUT2D eigenvalue weighted by molar-refractivity contribution is 7.92. The Bertz CT molecular complexity index is 977. The van der Waals surface area contributed by atoms with E-state index in [4.69, 9.17) is 16.3 Å². The summed E-state index contributed by atoms with van der Waals surface area (Å²) in [6, 6.07) is 8.92. The SMILES string of the molecule is CCOC(=O)c1ccc(N(CC)S(=O)(=O)c2cccc([N+](=O)[O-])c2)cc1Cl. The molecule has 0 aliphatic heterocycles. The molecule has 0 amide bonds. The summed E-state index contributed by atoms with van der Waals surface area (Å²) in [4.78, 5) is 21.9. The van der Waals surface area contributed by atoms with Crippen LogP contribution in [0.2, 0.25) is 5.02 Å². The van der Waals surface area contributed by atoms with E-state index in [0.29, 0.717) is 0 Å². The molecule has 0 unspecified atom stereocenters. The van der Waals surface area contributed by atoms with E-state index in [2.05, 4.69) is 0 Å². The Morgan fingerprint density at radius 3 is 2.48 bits per heavy atom. The van der Waals surface area contributed by atoms with Crippen LogP contribution in [-0.4, -0.2) is 32.5 Å². The number of rotatable bonds is 7. The molecule has 2 aromatic rings. The van der Waals surface area contributed by atoms with Gasteiger partial charge in [0.1, 0.15) is 0 Å². The van der Waals surface area contributed by atoms with Gasteiger partial charge in [0.05, 0.1) is 32.7 Å². The van der Waals surface area contributed by atoms with E-state index in [1.807, 2.05) is 0 Å². The summed E-state index contributed by atoms with van der Waals surface area (Å²) in [5, 5.41) is 11.0. The summed E-state index contributed by atoms with van der Waals surface area (Å²) in [5.41, 5.74) is 0.0101. The zero-order valence-corrected chi connectivity index (χ0v) is 16.2. The van der Waals surface area contributed by atoms with Gasteiger partial charge in [-0.2, -0.15) is 0 Å².